The summed E-state index contributed by atoms with van der Waals surface area (Å²) in [5, 5.41) is 7.59. The number of amides is 1. The molecule has 0 aliphatic carbocycles. The number of hydrogen-bond donors (Lipinski definition) is 1. The molecule has 0 radical (unpaired) electrons. The molecule has 0 saturated carbocycles. The fourth-order valence-electron chi connectivity index (χ4n) is 2.45. The molecule has 1 N–H and O–H groups in total. The molecule has 0 spiro atoms. The van der Waals surface area contributed by atoms with Crippen LogP contribution in [0, 0.1) is 5.41 Å². The Morgan fingerprint density at radius 3 is 2.20 bits per heavy atom. The van der Waals surface area contributed by atoms with Crippen LogP contribution in [0.15, 0.2) is 54.6 Å². The molecule has 0 unspecified atom stereocenters. The average molecular weight is 264 g/mol. The lowest BCUT2D eigenvalue weighted by Gasteiger charge is -2.14. The van der Waals surface area contributed by atoms with Gasteiger partial charge < -0.3 is 10.3 Å². The van der Waals surface area contributed by atoms with Gasteiger partial charge in [0.05, 0.1) is 6.54 Å². The van der Waals surface area contributed by atoms with Crippen LogP contribution in [0.2, 0.25) is 0 Å². The monoisotopic (exact) mass is 264 g/mol. The summed E-state index contributed by atoms with van der Waals surface area (Å²) in [6, 6.07) is 17.8. The summed E-state index contributed by atoms with van der Waals surface area (Å²) < 4.78 is 0. The summed E-state index contributed by atoms with van der Waals surface area (Å²) in [5.41, 5.74) is 3.59. The van der Waals surface area contributed by atoms with E-state index in [-0.39, 0.29) is 5.91 Å². The van der Waals surface area contributed by atoms with Crippen LogP contribution in [0.3, 0.4) is 0 Å². The van der Waals surface area contributed by atoms with Crippen molar-refractivity contribution in [2.24, 2.45) is 0 Å². The molecule has 2 aromatic carbocycles. The van der Waals surface area contributed by atoms with Gasteiger partial charge in [0.1, 0.15) is 0 Å². The Kier molecular flexibility index (Phi) is 3.33. The Bertz CT molecular complexity index is 632. The second kappa shape index (κ2) is 5.29. The molecule has 0 aromatic heterocycles. The minimum absolute atomic E-state index is 0.0202. The maximum atomic E-state index is 12.3. The third kappa shape index (κ3) is 2.48. The van der Waals surface area contributed by atoms with E-state index in [2.05, 4.69) is 12.1 Å². The van der Waals surface area contributed by atoms with Gasteiger partial charge in [0.15, 0.2) is 0 Å². The lowest BCUT2D eigenvalue weighted by Crippen LogP contribution is -2.28. The fourth-order valence-corrected chi connectivity index (χ4v) is 2.45. The van der Waals surface area contributed by atoms with E-state index >= 15 is 0 Å². The van der Waals surface area contributed by atoms with Crippen molar-refractivity contribution in [3.8, 4) is 11.1 Å². The number of carbonyl (C=O) groups excluding carboxylic acids is 1. The minimum Gasteiger partial charge on any atom is -0.333 e. The number of nitrogens with one attached hydrogen (secondary N) is 1. The molecule has 3 rings (SSSR count). The molecule has 1 aliphatic rings. The Labute approximate surface area is 118 Å². The van der Waals surface area contributed by atoms with E-state index in [4.69, 9.17) is 5.41 Å². The molecule has 0 bridgehead atoms. The van der Waals surface area contributed by atoms with Crippen LogP contribution in [0.5, 0.6) is 0 Å². The lowest BCUT2D eigenvalue weighted by atomic mass is 10.0. The summed E-state index contributed by atoms with van der Waals surface area (Å²) in [7, 11) is 0. The number of hydrogen-bond acceptors (Lipinski definition) is 2. The summed E-state index contributed by atoms with van der Waals surface area (Å²) in [4.78, 5) is 14.0. The maximum absolute atomic E-state index is 12.3. The van der Waals surface area contributed by atoms with Crippen LogP contribution >= 0.6 is 0 Å². The van der Waals surface area contributed by atoms with Crippen LogP contribution in [0.4, 0.5) is 0 Å². The van der Waals surface area contributed by atoms with Gasteiger partial charge in [-0.15, -0.1) is 0 Å². The van der Waals surface area contributed by atoms with E-state index in [1.807, 2.05) is 42.5 Å². The van der Waals surface area contributed by atoms with Crippen LogP contribution < -0.4 is 0 Å². The van der Waals surface area contributed by atoms with Crippen molar-refractivity contribution >= 4 is 11.6 Å². The fraction of sp³-hybridized carbons (Fsp3) is 0.176. The summed E-state index contributed by atoms with van der Waals surface area (Å²) in [6.07, 6.45) is 0.702. The van der Waals surface area contributed by atoms with Crippen molar-refractivity contribution in [2.75, 3.05) is 13.1 Å². The first-order valence-corrected chi connectivity index (χ1v) is 6.75. The number of benzene rings is 2. The number of likely N-dealkylation sites (tertiary alicyclic amines) is 1. The highest BCUT2D eigenvalue weighted by atomic mass is 16.2. The zero-order valence-corrected chi connectivity index (χ0v) is 11.2. The molecule has 2 aromatic rings. The first kappa shape index (κ1) is 12.6. The first-order valence-electron chi connectivity index (χ1n) is 6.75. The molecule has 1 heterocycles. The highest BCUT2D eigenvalue weighted by Gasteiger charge is 2.22. The average Bonchev–Trinajstić information content (AvgIpc) is 2.94. The van der Waals surface area contributed by atoms with Crippen LogP contribution in [-0.4, -0.2) is 29.6 Å². The third-order valence-corrected chi connectivity index (χ3v) is 3.59. The molecule has 3 heteroatoms. The lowest BCUT2D eigenvalue weighted by molar-refractivity contribution is 0.0798. The van der Waals surface area contributed by atoms with Crippen LogP contribution in [-0.2, 0) is 0 Å². The van der Waals surface area contributed by atoms with Crippen LogP contribution in [0.25, 0.3) is 11.1 Å². The summed E-state index contributed by atoms with van der Waals surface area (Å²) >= 11 is 0. The van der Waals surface area contributed by atoms with Gasteiger partial charge in [-0.1, -0.05) is 42.5 Å². The number of nitrogens with zero attached hydrogens (tertiary/aromatic N) is 1. The predicted molar refractivity (Wildman–Crippen MR) is 80.1 cm³/mol. The summed E-state index contributed by atoms with van der Waals surface area (Å²) in [5.74, 6) is 0.0202. The van der Waals surface area contributed by atoms with Gasteiger partial charge in [0.25, 0.3) is 5.91 Å². The molecule has 3 nitrogen and oxygen atoms in total. The van der Waals surface area contributed by atoms with Gasteiger partial charge in [0.2, 0.25) is 0 Å². The van der Waals surface area contributed by atoms with Gasteiger partial charge >= 0.3 is 0 Å². The topological polar surface area (TPSA) is 44.2 Å². The Morgan fingerprint density at radius 1 is 0.950 bits per heavy atom. The normalized spacial score (nSPS) is 14.6. The van der Waals surface area contributed by atoms with Crippen molar-refractivity contribution in [3.63, 3.8) is 0 Å². The van der Waals surface area contributed by atoms with Gasteiger partial charge in [0, 0.05) is 24.2 Å². The Morgan fingerprint density at radius 2 is 1.60 bits per heavy atom. The van der Waals surface area contributed by atoms with Gasteiger partial charge in [-0.25, -0.2) is 0 Å². The van der Waals surface area contributed by atoms with Crippen LogP contribution in [0.1, 0.15) is 16.8 Å². The second-order valence-corrected chi connectivity index (χ2v) is 5.02. The zero-order valence-electron chi connectivity index (χ0n) is 11.2. The van der Waals surface area contributed by atoms with Crippen molar-refractivity contribution < 1.29 is 4.79 Å². The second-order valence-electron chi connectivity index (χ2n) is 5.02. The van der Waals surface area contributed by atoms with E-state index in [1.165, 1.54) is 0 Å². The zero-order chi connectivity index (χ0) is 13.9. The van der Waals surface area contributed by atoms with Gasteiger partial charge in [-0.2, -0.15) is 0 Å². The van der Waals surface area contributed by atoms with Crippen molar-refractivity contribution in [2.45, 2.75) is 6.42 Å². The van der Waals surface area contributed by atoms with E-state index < -0.39 is 0 Å². The molecule has 100 valence electrons. The predicted octanol–water partition coefficient (Wildman–Crippen LogP) is 3.22. The number of carbonyl (C=O) groups is 1. The van der Waals surface area contributed by atoms with E-state index in [9.17, 15) is 4.79 Å². The largest absolute Gasteiger partial charge is 0.333 e. The highest BCUT2D eigenvalue weighted by molar-refractivity contribution is 5.99. The van der Waals surface area contributed by atoms with E-state index in [1.54, 1.807) is 4.90 Å². The van der Waals surface area contributed by atoms with Gasteiger partial charge in [-0.3, -0.25) is 4.79 Å². The quantitative estimate of drug-likeness (QED) is 0.889. The van der Waals surface area contributed by atoms with Crippen molar-refractivity contribution in [1.82, 2.24) is 4.90 Å². The molecule has 1 fully saturated rings. The Balaban J connectivity index is 1.79. The molecule has 0 atom stereocenters. The molecule has 1 saturated heterocycles. The highest BCUT2D eigenvalue weighted by Crippen LogP contribution is 2.20. The molecule has 20 heavy (non-hydrogen) atoms. The molecule has 1 amide bonds. The molecular weight excluding hydrogens is 248 g/mol. The summed E-state index contributed by atoms with van der Waals surface area (Å²) in [6.45, 7) is 1.14. The van der Waals surface area contributed by atoms with Gasteiger partial charge in [-0.05, 0) is 23.3 Å². The molecule has 1 aliphatic heterocycles. The Hall–Kier alpha value is -2.42. The standard InChI is InChI=1S/C17H16N2O/c18-16-10-11-19(12-16)17(20)15-8-6-14(7-9-15)13-4-2-1-3-5-13/h1-9,18H,10-12H2. The van der Waals surface area contributed by atoms with E-state index in [0.29, 0.717) is 30.8 Å². The molecular formula is C17H16N2O. The SMILES string of the molecule is N=C1CCN(C(=O)c2ccc(-c3ccccc3)cc2)C1. The van der Waals surface area contributed by atoms with Crippen molar-refractivity contribution in [3.05, 3.63) is 60.2 Å². The maximum Gasteiger partial charge on any atom is 0.254 e. The number of rotatable bonds is 2. The minimum atomic E-state index is 0.0202. The first-order chi connectivity index (χ1) is 9.74. The van der Waals surface area contributed by atoms with Crippen molar-refractivity contribution in [1.29, 1.82) is 5.41 Å². The third-order valence-electron chi connectivity index (χ3n) is 3.59. The smallest absolute Gasteiger partial charge is 0.254 e. The van der Waals surface area contributed by atoms with E-state index in [0.717, 1.165) is 11.1 Å².